The smallest absolute Gasteiger partial charge is 0.131 e. The van der Waals surface area contributed by atoms with Crippen molar-refractivity contribution < 1.29 is 9.15 Å². The van der Waals surface area contributed by atoms with E-state index in [4.69, 9.17) is 9.15 Å². The van der Waals surface area contributed by atoms with Gasteiger partial charge in [0.1, 0.15) is 17.6 Å². The van der Waals surface area contributed by atoms with Crippen molar-refractivity contribution in [3.05, 3.63) is 35.5 Å². The minimum absolute atomic E-state index is 0.0764. The van der Waals surface area contributed by atoms with Gasteiger partial charge >= 0.3 is 0 Å². The largest absolute Gasteiger partial charge is 0.496 e. The number of hydrogen-bond donors (Lipinski definition) is 1. The number of likely N-dealkylation sites (N-methyl/N-ethyl adjacent to an activating group) is 1. The van der Waals surface area contributed by atoms with Crippen molar-refractivity contribution in [1.82, 2.24) is 5.32 Å². The fraction of sp³-hybridized carbons (Fsp3) is 0.500. The molecule has 0 spiro atoms. The molecule has 0 fully saturated rings. The third-order valence-corrected chi connectivity index (χ3v) is 2.59. The SMILES string of the molecule is CCNC(C1=CCCO1)c1occc1C. The Balaban J connectivity index is 2.23. The van der Waals surface area contributed by atoms with Gasteiger partial charge in [-0.25, -0.2) is 0 Å². The van der Waals surface area contributed by atoms with Crippen LogP contribution in [0.3, 0.4) is 0 Å². The molecular weight excluding hydrogens is 190 g/mol. The summed E-state index contributed by atoms with van der Waals surface area (Å²) in [6.07, 6.45) is 4.86. The Morgan fingerprint density at radius 2 is 2.40 bits per heavy atom. The van der Waals surface area contributed by atoms with Crippen molar-refractivity contribution >= 4 is 0 Å². The van der Waals surface area contributed by atoms with E-state index in [2.05, 4.69) is 25.2 Å². The lowest BCUT2D eigenvalue weighted by Crippen LogP contribution is -2.23. The van der Waals surface area contributed by atoms with E-state index >= 15 is 0 Å². The molecule has 2 rings (SSSR count). The molecule has 3 heteroatoms. The fourth-order valence-electron chi connectivity index (χ4n) is 1.84. The molecule has 0 saturated heterocycles. The van der Waals surface area contributed by atoms with E-state index in [1.807, 2.05) is 6.07 Å². The molecule has 1 aliphatic rings. The minimum atomic E-state index is 0.0764. The lowest BCUT2D eigenvalue weighted by Gasteiger charge is -2.17. The van der Waals surface area contributed by atoms with E-state index in [1.165, 1.54) is 0 Å². The summed E-state index contributed by atoms with van der Waals surface area (Å²) in [6.45, 7) is 5.82. The Hall–Kier alpha value is -1.22. The first-order chi connectivity index (χ1) is 7.33. The van der Waals surface area contributed by atoms with Crippen LogP contribution >= 0.6 is 0 Å². The topological polar surface area (TPSA) is 34.4 Å². The van der Waals surface area contributed by atoms with Crippen molar-refractivity contribution in [2.45, 2.75) is 26.3 Å². The summed E-state index contributed by atoms with van der Waals surface area (Å²) in [5.41, 5.74) is 1.16. The molecule has 0 aliphatic carbocycles. The first-order valence-electron chi connectivity index (χ1n) is 5.43. The van der Waals surface area contributed by atoms with Crippen LogP contribution in [0.2, 0.25) is 0 Å². The Kier molecular flexibility index (Phi) is 3.11. The minimum Gasteiger partial charge on any atom is -0.496 e. The summed E-state index contributed by atoms with van der Waals surface area (Å²) in [6, 6.07) is 2.06. The molecule has 3 nitrogen and oxygen atoms in total. The maximum absolute atomic E-state index is 5.59. The molecule has 1 unspecified atom stereocenters. The molecule has 15 heavy (non-hydrogen) atoms. The zero-order valence-electron chi connectivity index (χ0n) is 9.25. The molecule has 0 bridgehead atoms. The van der Waals surface area contributed by atoms with Crippen LogP contribution in [0, 0.1) is 6.92 Å². The van der Waals surface area contributed by atoms with Gasteiger partial charge in [0.25, 0.3) is 0 Å². The van der Waals surface area contributed by atoms with Gasteiger partial charge in [-0.15, -0.1) is 0 Å². The summed E-state index contributed by atoms with van der Waals surface area (Å²) in [4.78, 5) is 0. The molecule has 1 atom stereocenters. The van der Waals surface area contributed by atoms with Gasteiger partial charge in [0.2, 0.25) is 0 Å². The maximum atomic E-state index is 5.59. The van der Waals surface area contributed by atoms with Gasteiger partial charge in [-0.05, 0) is 31.2 Å². The second-order valence-electron chi connectivity index (χ2n) is 3.70. The van der Waals surface area contributed by atoms with Crippen LogP contribution < -0.4 is 5.32 Å². The van der Waals surface area contributed by atoms with Crippen LogP contribution in [0.25, 0.3) is 0 Å². The molecule has 0 amide bonds. The van der Waals surface area contributed by atoms with Gasteiger partial charge in [0.05, 0.1) is 12.9 Å². The number of rotatable bonds is 4. The van der Waals surface area contributed by atoms with E-state index in [-0.39, 0.29) is 6.04 Å². The lowest BCUT2D eigenvalue weighted by atomic mass is 10.1. The molecule has 1 aromatic heterocycles. The van der Waals surface area contributed by atoms with E-state index in [1.54, 1.807) is 6.26 Å². The normalized spacial score (nSPS) is 17.3. The summed E-state index contributed by atoms with van der Waals surface area (Å²) in [5.74, 6) is 1.96. The van der Waals surface area contributed by atoms with Crippen LogP contribution in [-0.4, -0.2) is 13.2 Å². The summed E-state index contributed by atoms with van der Waals surface area (Å²) < 4.78 is 11.1. The standard InChI is InChI=1S/C12H17NO2/c1-3-13-11(10-5-4-7-14-10)12-9(2)6-8-15-12/h5-6,8,11,13H,3-4,7H2,1-2H3. The van der Waals surface area contributed by atoms with Gasteiger partial charge in [-0.3, -0.25) is 0 Å². The van der Waals surface area contributed by atoms with Gasteiger partial charge in [0.15, 0.2) is 0 Å². The molecule has 0 radical (unpaired) electrons. The number of hydrogen-bond acceptors (Lipinski definition) is 3. The van der Waals surface area contributed by atoms with Crippen LogP contribution in [0.5, 0.6) is 0 Å². The molecule has 1 aliphatic heterocycles. The number of nitrogens with one attached hydrogen (secondary N) is 1. The first-order valence-corrected chi connectivity index (χ1v) is 5.43. The third-order valence-electron chi connectivity index (χ3n) is 2.59. The molecule has 2 heterocycles. The Morgan fingerprint density at radius 1 is 1.53 bits per heavy atom. The molecular formula is C12H17NO2. The monoisotopic (exact) mass is 207 g/mol. The van der Waals surface area contributed by atoms with Crippen LogP contribution in [0.1, 0.15) is 30.7 Å². The number of ether oxygens (including phenoxy) is 1. The van der Waals surface area contributed by atoms with E-state index in [0.717, 1.165) is 36.7 Å². The predicted octanol–water partition coefficient (Wildman–Crippen LogP) is 2.54. The lowest BCUT2D eigenvalue weighted by molar-refractivity contribution is 0.207. The number of furan rings is 1. The quantitative estimate of drug-likeness (QED) is 0.823. The highest BCUT2D eigenvalue weighted by atomic mass is 16.5. The predicted molar refractivity (Wildman–Crippen MR) is 58.5 cm³/mol. The van der Waals surface area contributed by atoms with Crippen molar-refractivity contribution in [3.8, 4) is 0 Å². The van der Waals surface area contributed by atoms with Gasteiger partial charge in [-0.1, -0.05) is 6.92 Å². The highest BCUT2D eigenvalue weighted by Gasteiger charge is 2.23. The van der Waals surface area contributed by atoms with Crippen LogP contribution in [0.4, 0.5) is 0 Å². The first kappa shape index (κ1) is 10.3. The summed E-state index contributed by atoms with van der Waals surface area (Å²) >= 11 is 0. The average Bonchev–Trinajstić information content (AvgIpc) is 2.85. The van der Waals surface area contributed by atoms with Crippen molar-refractivity contribution in [1.29, 1.82) is 0 Å². The van der Waals surface area contributed by atoms with E-state index in [9.17, 15) is 0 Å². The highest BCUT2D eigenvalue weighted by Crippen LogP contribution is 2.28. The van der Waals surface area contributed by atoms with Crippen LogP contribution in [0.15, 0.2) is 28.6 Å². The molecule has 0 saturated carbocycles. The Labute approximate surface area is 90.1 Å². The van der Waals surface area contributed by atoms with E-state index < -0.39 is 0 Å². The third kappa shape index (κ3) is 2.07. The fourth-order valence-corrected chi connectivity index (χ4v) is 1.84. The second-order valence-corrected chi connectivity index (χ2v) is 3.70. The average molecular weight is 207 g/mol. The van der Waals surface area contributed by atoms with E-state index in [0.29, 0.717) is 0 Å². The summed E-state index contributed by atoms with van der Waals surface area (Å²) in [5, 5.41) is 3.38. The van der Waals surface area contributed by atoms with Gasteiger partial charge < -0.3 is 14.5 Å². The second kappa shape index (κ2) is 4.53. The van der Waals surface area contributed by atoms with Gasteiger partial charge in [-0.2, -0.15) is 0 Å². The van der Waals surface area contributed by atoms with Gasteiger partial charge in [0, 0.05) is 6.42 Å². The van der Waals surface area contributed by atoms with Crippen molar-refractivity contribution in [2.24, 2.45) is 0 Å². The van der Waals surface area contributed by atoms with Crippen molar-refractivity contribution in [2.75, 3.05) is 13.2 Å². The Bertz CT molecular complexity index is 354. The maximum Gasteiger partial charge on any atom is 0.131 e. The molecule has 1 aromatic rings. The zero-order valence-corrected chi connectivity index (χ0v) is 9.25. The molecule has 1 N–H and O–H groups in total. The highest BCUT2D eigenvalue weighted by molar-refractivity contribution is 5.25. The summed E-state index contributed by atoms with van der Waals surface area (Å²) in [7, 11) is 0. The zero-order chi connectivity index (χ0) is 10.7. The molecule has 0 aromatic carbocycles. The Morgan fingerprint density at radius 3 is 2.93 bits per heavy atom. The van der Waals surface area contributed by atoms with Crippen LogP contribution in [-0.2, 0) is 4.74 Å². The number of aryl methyl sites for hydroxylation is 1. The van der Waals surface area contributed by atoms with Crippen molar-refractivity contribution in [3.63, 3.8) is 0 Å². The molecule has 82 valence electrons.